The smallest absolute Gasteiger partial charge is 0.336 e. The van der Waals surface area contributed by atoms with Crippen molar-refractivity contribution in [3.8, 4) is 5.75 Å². The number of likely N-dealkylation sites (N-methyl/N-ethyl adjacent to an activating group) is 1. The van der Waals surface area contributed by atoms with E-state index >= 15 is 0 Å². The van der Waals surface area contributed by atoms with Crippen LogP contribution in [0.1, 0.15) is 16.7 Å². The van der Waals surface area contributed by atoms with Crippen molar-refractivity contribution in [1.82, 2.24) is 4.90 Å². The summed E-state index contributed by atoms with van der Waals surface area (Å²) in [6, 6.07) is 13.2. The number of ether oxygens (including phenoxy) is 1. The fourth-order valence-electron chi connectivity index (χ4n) is 2.87. The summed E-state index contributed by atoms with van der Waals surface area (Å²) in [7, 11) is 2.00. The van der Waals surface area contributed by atoms with E-state index in [0.717, 1.165) is 28.8 Å². The molecule has 0 N–H and O–H groups in total. The molecule has 26 heavy (non-hydrogen) atoms. The van der Waals surface area contributed by atoms with Crippen molar-refractivity contribution in [3.05, 3.63) is 74.6 Å². The first kappa shape index (κ1) is 18.5. The fourth-order valence-corrected chi connectivity index (χ4v) is 3.04. The second kappa shape index (κ2) is 7.94. The zero-order valence-corrected chi connectivity index (χ0v) is 16.0. The van der Waals surface area contributed by atoms with E-state index in [2.05, 4.69) is 4.90 Å². The number of rotatable bonds is 6. The lowest BCUT2D eigenvalue weighted by molar-refractivity contribution is 0.233. The molecule has 0 aliphatic heterocycles. The van der Waals surface area contributed by atoms with E-state index in [0.29, 0.717) is 23.8 Å². The van der Waals surface area contributed by atoms with Crippen molar-refractivity contribution in [3.63, 3.8) is 0 Å². The average molecular weight is 372 g/mol. The molecule has 0 aliphatic carbocycles. The molecule has 1 heterocycles. The lowest BCUT2D eigenvalue weighted by atomic mass is 10.1. The molecular formula is C21H22ClNO3. The summed E-state index contributed by atoms with van der Waals surface area (Å²) in [5, 5.41) is 1.53. The maximum absolute atomic E-state index is 11.9. The highest BCUT2D eigenvalue weighted by atomic mass is 35.5. The number of nitrogens with zero attached hydrogens (tertiary/aromatic N) is 1. The highest BCUT2D eigenvalue weighted by molar-refractivity contribution is 6.32. The minimum Gasteiger partial charge on any atom is -0.492 e. The Balaban J connectivity index is 1.70. The van der Waals surface area contributed by atoms with Gasteiger partial charge < -0.3 is 9.15 Å². The molecule has 2 aromatic carbocycles. The van der Waals surface area contributed by atoms with Gasteiger partial charge in [0.15, 0.2) is 0 Å². The summed E-state index contributed by atoms with van der Waals surface area (Å²) in [5.74, 6) is 0.867. The Hall–Kier alpha value is -2.30. The van der Waals surface area contributed by atoms with Crippen LogP contribution in [0.15, 0.2) is 51.7 Å². The first-order valence-electron chi connectivity index (χ1n) is 8.53. The molecule has 0 bridgehead atoms. The topological polar surface area (TPSA) is 42.7 Å². The van der Waals surface area contributed by atoms with Gasteiger partial charge in [0.2, 0.25) is 0 Å². The van der Waals surface area contributed by atoms with Crippen molar-refractivity contribution >= 4 is 22.6 Å². The fraction of sp³-hybridized carbons (Fsp3) is 0.286. The lowest BCUT2D eigenvalue weighted by Crippen LogP contribution is -2.24. The van der Waals surface area contributed by atoms with Gasteiger partial charge in [-0.05, 0) is 61.9 Å². The van der Waals surface area contributed by atoms with Crippen molar-refractivity contribution in [2.24, 2.45) is 0 Å². The number of hydrogen-bond acceptors (Lipinski definition) is 4. The standard InChI is InChI=1S/C21H22ClNO3/c1-14-5-4-6-17(9-14)25-8-7-23(3)13-16-11-21(24)26-20-10-15(2)19(22)12-18(16)20/h4-6,9-12H,7-8,13H2,1-3H3. The Morgan fingerprint density at radius 1 is 1.15 bits per heavy atom. The van der Waals surface area contributed by atoms with E-state index < -0.39 is 0 Å². The Labute approximate surface area is 158 Å². The van der Waals surface area contributed by atoms with Gasteiger partial charge in [0.25, 0.3) is 0 Å². The van der Waals surface area contributed by atoms with E-state index in [-0.39, 0.29) is 5.63 Å². The third-order valence-corrected chi connectivity index (χ3v) is 4.69. The SMILES string of the molecule is Cc1cccc(OCCN(C)Cc2cc(=O)oc3cc(C)c(Cl)cc23)c1. The molecule has 0 spiro atoms. The van der Waals surface area contributed by atoms with Crippen LogP contribution >= 0.6 is 11.6 Å². The third kappa shape index (κ3) is 4.45. The highest BCUT2D eigenvalue weighted by Gasteiger charge is 2.10. The summed E-state index contributed by atoms with van der Waals surface area (Å²) in [5.41, 5.74) is 3.18. The van der Waals surface area contributed by atoms with E-state index in [4.69, 9.17) is 20.8 Å². The normalized spacial score (nSPS) is 11.3. The van der Waals surface area contributed by atoms with Crippen molar-refractivity contribution in [2.45, 2.75) is 20.4 Å². The quantitative estimate of drug-likeness (QED) is 0.595. The molecule has 0 unspecified atom stereocenters. The molecule has 0 atom stereocenters. The van der Waals surface area contributed by atoms with Crippen LogP contribution in [0.4, 0.5) is 0 Å². The third-order valence-electron chi connectivity index (χ3n) is 4.28. The maximum Gasteiger partial charge on any atom is 0.336 e. The van der Waals surface area contributed by atoms with Gasteiger partial charge in [-0.2, -0.15) is 0 Å². The molecule has 1 aromatic heterocycles. The summed E-state index contributed by atoms with van der Waals surface area (Å²) in [6.45, 7) is 5.84. The predicted molar refractivity (Wildman–Crippen MR) is 105 cm³/mol. The summed E-state index contributed by atoms with van der Waals surface area (Å²) in [6.07, 6.45) is 0. The Morgan fingerprint density at radius 3 is 2.73 bits per heavy atom. The molecule has 0 radical (unpaired) electrons. The van der Waals surface area contributed by atoms with E-state index in [9.17, 15) is 4.79 Å². The van der Waals surface area contributed by atoms with Crippen LogP contribution in [0.5, 0.6) is 5.75 Å². The molecule has 0 saturated heterocycles. The monoisotopic (exact) mass is 371 g/mol. The van der Waals surface area contributed by atoms with Crippen molar-refractivity contribution < 1.29 is 9.15 Å². The lowest BCUT2D eigenvalue weighted by Gasteiger charge is -2.18. The number of halogens is 1. The van der Waals surface area contributed by atoms with Crippen LogP contribution in [-0.4, -0.2) is 25.1 Å². The first-order valence-corrected chi connectivity index (χ1v) is 8.91. The summed E-state index contributed by atoms with van der Waals surface area (Å²) in [4.78, 5) is 14.0. The molecule has 0 saturated carbocycles. The van der Waals surface area contributed by atoms with Crippen LogP contribution in [0.25, 0.3) is 11.0 Å². The zero-order valence-electron chi connectivity index (χ0n) is 15.2. The second-order valence-electron chi connectivity index (χ2n) is 6.59. The van der Waals surface area contributed by atoms with Gasteiger partial charge in [0.1, 0.15) is 17.9 Å². The first-order chi connectivity index (χ1) is 12.4. The van der Waals surface area contributed by atoms with Gasteiger partial charge in [-0.1, -0.05) is 23.7 Å². The van der Waals surface area contributed by atoms with Gasteiger partial charge in [-0.15, -0.1) is 0 Å². The predicted octanol–water partition coefficient (Wildman–Crippen LogP) is 4.57. The molecular weight excluding hydrogens is 350 g/mol. The number of aryl methyl sites for hydroxylation is 2. The van der Waals surface area contributed by atoms with Crippen LogP contribution in [0, 0.1) is 13.8 Å². The molecule has 0 aliphatic rings. The molecule has 3 rings (SSSR count). The maximum atomic E-state index is 11.9. The second-order valence-corrected chi connectivity index (χ2v) is 7.00. The van der Waals surface area contributed by atoms with Gasteiger partial charge in [-0.25, -0.2) is 4.79 Å². The Bertz CT molecular complexity index is 981. The van der Waals surface area contributed by atoms with Gasteiger partial charge in [-0.3, -0.25) is 4.90 Å². The van der Waals surface area contributed by atoms with Crippen LogP contribution in [0.2, 0.25) is 5.02 Å². The van der Waals surface area contributed by atoms with Gasteiger partial charge >= 0.3 is 5.63 Å². The highest BCUT2D eigenvalue weighted by Crippen LogP contribution is 2.25. The minimum absolute atomic E-state index is 0.348. The van der Waals surface area contributed by atoms with E-state index in [1.807, 2.05) is 57.3 Å². The molecule has 0 fully saturated rings. The minimum atomic E-state index is -0.348. The molecule has 3 aromatic rings. The van der Waals surface area contributed by atoms with E-state index in [1.54, 1.807) is 0 Å². The zero-order chi connectivity index (χ0) is 18.7. The van der Waals surface area contributed by atoms with Crippen LogP contribution in [0.3, 0.4) is 0 Å². The molecule has 5 heteroatoms. The van der Waals surface area contributed by atoms with Gasteiger partial charge in [0, 0.05) is 29.6 Å². The summed E-state index contributed by atoms with van der Waals surface area (Å²) >= 11 is 6.25. The molecule has 136 valence electrons. The van der Waals surface area contributed by atoms with Gasteiger partial charge in [0.05, 0.1) is 0 Å². The average Bonchev–Trinajstić information content (AvgIpc) is 2.56. The largest absolute Gasteiger partial charge is 0.492 e. The molecule has 0 amide bonds. The number of hydrogen-bond donors (Lipinski definition) is 0. The Kier molecular flexibility index (Phi) is 5.64. The van der Waals surface area contributed by atoms with E-state index in [1.165, 1.54) is 11.6 Å². The number of fused-ring (bicyclic) bond motifs is 1. The Morgan fingerprint density at radius 2 is 1.96 bits per heavy atom. The van der Waals surface area contributed by atoms with Crippen molar-refractivity contribution in [1.29, 1.82) is 0 Å². The van der Waals surface area contributed by atoms with Crippen LogP contribution < -0.4 is 10.4 Å². The van der Waals surface area contributed by atoms with Crippen LogP contribution in [-0.2, 0) is 6.54 Å². The summed E-state index contributed by atoms with van der Waals surface area (Å²) < 4.78 is 11.1. The van der Waals surface area contributed by atoms with Crippen molar-refractivity contribution in [2.75, 3.05) is 20.2 Å². The molecule has 4 nitrogen and oxygen atoms in total. The number of benzene rings is 2.